The maximum Gasteiger partial charge on any atom is 0.333 e. The molecule has 3 rings (SSSR count). The van der Waals surface area contributed by atoms with Gasteiger partial charge in [-0.1, -0.05) is 54.6 Å². The van der Waals surface area contributed by atoms with Crippen molar-refractivity contribution in [1.82, 2.24) is 0 Å². The molecule has 1 aliphatic rings. The zero-order valence-corrected chi connectivity index (χ0v) is 15.0. The van der Waals surface area contributed by atoms with Crippen LogP contribution in [0.4, 0.5) is 10.1 Å². The minimum Gasteiger partial charge on any atom is -0.466 e. The van der Waals surface area contributed by atoms with Gasteiger partial charge in [-0.05, 0) is 18.6 Å². The summed E-state index contributed by atoms with van der Waals surface area (Å²) in [6.45, 7) is 5.67. The Hall–Kier alpha value is -2.95. The molecule has 2 atom stereocenters. The number of aryl methyl sites for hydroxylation is 1. The highest BCUT2D eigenvalue weighted by Gasteiger charge is 2.57. The van der Waals surface area contributed by atoms with Gasteiger partial charge in [0.05, 0.1) is 18.7 Å². The molecule has 0 spiro atoms. The Morgan fingerprint density at radius 1 is 1.19 bits per heavy atom. The lowest BCUT2D eigenvalue weighted by atomic mass is 9.75. The molecule has 2 aromatic carbocycles. The second-order valence-electron chi connectivity index (χ2n) is 6.45. The van der Waals surface area contributed by atoms with E-state index in [0.717, 1.165) is 5.56 Å². The number of fused-ring (bicyclic) bond motifs is 1. The second kappa shape index (κ2) is 6.41. The summed E-state index contributed by atoms with van der Waals surface area (Å²) >= 11 is 0. The van der Waals surface area contributed by atoms with Gasteiger partial charge in [-0.3, -0.25) is 4.79 Å². The number of hydrogen-bond acceptors (Lipinski definition) is 3. The van der Waals surface area contributed by atoms with Crippen LogP contribution in [0, 0.1) is 6.92 Å². The molecule has 0 aliphatic carbocycles. The standard InChI is InChI=1S/C21H20FNO3/c1-13-9-11-15(12-10-13)18(14(2)19(24)26-4)21(22)16-7-5-6-8-17(16)23(3)20(21)25/h5-12,18H,2H2,1,3-4H3/t18-,21-/m0/s1. The Morgan fingerprint density at radius 2 is 1.81 bits per heavy atom. The van der Waals surface area contributed by atoms with Gasteiger partial charge in [0.25, 0.3) is 5.91 Å². The van der Waals surface area contributed by atoms with Gasteiger partial charge in [-0.2, -0.15) is 0 Å². The van der Waals surface area contributed by atoms with Crippen LogP contribution in [0.5, 0.6) is 0 Å². The van der Waals surface area contributed by atoms with Gasteiger partial charge in [-0.25, -0.2) is 9.18 Å². The van der Waals surface area contributed by atoms with Gasteiger partial charge in [0.1, 0.15) is 0 Å². The molecule has 0 unspecified atom stereocenters. The molecular weight excluding hydrogens is 333 g/mol. The highest BCUT2D eigenvalue weighted by atomic mass is 19.1. The molecule has 1 amide bonds. The van der Waals surface area contributed by atoms with Crippen LogP contribution in [0.1, 0.15) is 22.6 Å². The van der Waals surface area contributed by atoms with E-state index < -0.39 is 23.5 Å². The largest absolute Gasteiger partial charge is 0.466 e. The molecule has 5 heteroatoms. The number of methoxy groups -OCH3 is 1. The molecule has 1 heterocycles. The number of carbonyl (C=O) groups is 2. The summed E-state index contributed by atoms with van der Waals surface area (Å²) < 4.78 is 21.2. The van der Waals surface area contributed by atoms with Gasteiger partial charge in [-0.15, -0.1) is 0 Å². The summed E-state index contributed by atoms with van der Waals surface area (Å²) in [7, 11) is 2.73. The van der Waals surface area contributed by atoms with Crippen LogP contribution in [0.25, 0.3) is 0 Å². The van der Waals surface area contributed by atoms with Crippen molar-refractivity contribution in [1.29, 1.82) is 0 Å². The molecule has 2 aromatic rings. The Bertz CT molecular complexity index is 890. The molecule has 0 bridgehead atoms. The van der Waals surface area contributed by atoms with E-state index in [1.165, 1.54) is 19.1 Å². The first kappa shape index (κ1) is 17.9. The fourth-order valence-corrected chi connectivity index (χ4v) is 3.50. The van der Waals surface area contributed by atoms with Crippen molar-refractivity contribution in [2.45, 2.75) is 18.5 Å². The Morgan fingerprint density at radius 3 is 2.42 bits per heavy atom. The maximum absolute atomic E-state index is 16.5. The predicted octanol–water partition coefficient (Wildman–Crippen LogP) is 3.65. The van der Waals surface area contributed by atoms with Crippen molar-refractivity contribution in [3.63, 3.8) is 0 Å². The molecule has 134 valence electrons. The van der Waals surface area contributed by atoms with E-state index in [2.05, 4.69) is 6.58 Å². The van der Waals surface area contributed by atoms with Gasteiger partial charge in [0.15, 0.2) is 0 Å². The number of likely N-dealkylation sites (N-methyl/N-ethyl adjacent to an activating group) is 1. The van der Waals surface area contributed by atoms with Crippen LogP contribution in [-0.2, 0) is 20.0 Å². The van der Waals surface area contributed by atoms with Crippen LogP contribution in [-0.4, -0.2) is 26.0 Å². The second-order valence-corrected chi connectivity index (χ2v) is 6.45. The summed E-state index contributed by atoms with van der Waals surface area (Å²) in [6.07, 6.45) is 0. The molecule has 0 saturated heterocycles. The first-order chi connectivity index (χ1) is 12.3. The smallest absolute Gasteiger partial charge is 0.333 e. The van der Waals surface area contributed by atoms with Crippen molar-refractivity contribution in [2.24, 2.45) is 0 Å². The fourth-order valence-electron chi connectivity index (χ4n) is 3.50. The number of benzene rings is 2. The lowest BCUT2D eigenvalue weighted by Gasteiger charge is -2.30. The minimum atomic E-state index is -2.44. The van der Waals surface area contributed by atoms with E-state index in [1.54, 1.807) is 36.4 Å². The topological polar surface area (TPSA) is 46.6 Å². The Labute approximate surface area is 151 Å². The van der Waals surface area contributed by atoms with E-state index in [9.17, 15) is 9.59 Å². The summed E-state index contributed by atoms with van der Waals surface area (Å²) in [5.41, 5.74) is -0.354. The van der Waals surface area contributed by atoms with E-state index in [4.69, 9.17) is 4.74 Å². The third-order valence-electron chi connectivity index (χ3n) is 4.88. The number of esters is 1. The minimum absolute atomic E-state index is 0.0997. The van der Waals surface area contributed by atoms with Crippen LogP contribution in [0.2, 0.25) is 0 Å². The SMILES string of the molecule is C=C(C(=O)OC)[C@@H](c1ccc(C)cc1)[C@]1(F)C(=O)N(C)c2ccccc21. The number of alkyl halides is 1. The number of halogens is 1. The summed E-state index contributed by atoms with van der Waals surface area (Å²) in [5, 5.41) is 0. The van der Waals surface area contributed by atoms with Gasteiger partial charge >= 0.3 is 5.97 Å². The number of carbonyl (C=O) groups excluding carboxylic acids is 2. The summed E-state index contributed by atoms with van der Waals surface area (Å²) in [5.74, 6) is -2.66. The Balaban J connectivity index is 2.24. The number of ether oxygens (including phenoxy) is 1. The quantitative estimate of drug-likeness (QED) is 0.623. The normalized spacial score (nSPS) is 19.8. The lowest BCUT2D eigenvalue weighted by molar-refractivity contribution is -0.137. The average molecular weight is 353 g/mol. The van der Waals surface area contributed by atoms with E-state index in [1.807, 2.05) is 19.1 Å². The number of rotatable bonds is 4. The number of nitrogens with zero attached hydrogens (tertiary/aromatic N) is 1. The van der Waals surface area contributed by atoms with Crippen LogP contribution in [0.15, 0.2) is 60.7 Å². The van der Waals surface area contributed by atoms with E-state index in [-0.39, 0.29) is 11.1 Å². The molecule has 0 fully saturated rings. The van der Waals surface area contributed by atoms with Gasteiger partial charge in [0.2, 0.25) is 5.67 Å². The molecule has 1 aliphatic heterocycles. The van der Waals surface area contributed by atoms with Crippen molar-refractivity contribution in [3.8, 4) is 0 Å². The van der Waals surface area contributed by atoms with Crippen molar-refractivity contribution in [2.75, 3.05) is 19.1 Å². The first-order valence-electron chi connectivity index (χ1n) is 8.22. The van der Waals surface area contributed by atoms with Crippen LogP contribution >= 0.6 is 0 Å². The number of amides is 1. The molecular formula is C21H20FNO3. The van der Waals surface area contributed by atoms with Crippen LogP contribution in [0.3, 0.4) is 0 Å². The fraction of sp³-hybridized carbons (Fsp3) is 0.238. The average Bonchev–Trinajstić information content (AvgIpc) is 2.85. The monoisotopic (exact) mass is 353 g/mol. The third-order valence-corrected chi connectivity index (χ3v) is 4.88. The maximum atomic E-state index is 16.5. The van der Waals surface area contributed by atoms with Crippen molar-refractivity contribution in [3.05, 3.63) is 77.4 Å². The molecule has 0 aromatic heterocycles. The van der Waals surface area contributed by atoms with E-state index >= 15 is 4.39 Å². The summed E-state index contributed by atoms with van der Waals surface area (Å²) in [6, 6.07) is 13.7. The molecule has 26 heavy (non-hydrogen) atoms. The first-order valence-corrected chi connectivity index (χ1v) is 8.22. The number of hydrogen-bond donors (Lipinski definition) is 0. The highest BCUT2D eigenvalue weighted by Crippen LogP contribution is 2.52. The lowest BCUT2D eigenvalue weighted by Crippen LogP contribution is -2.41. The zero-order chi connectivity index (χ0) is 19.1. The molecule has 0 radical (unpaired) electrons. The zero-order valence-electron chi connectivity index (χ0n) is 15.0. The van der Waals surface area contributed by atoms with E-state index in [0.29, 0.717) is 11.3 Å². The van der Waals surface area contributed by atoms with Crippen molar-refractivity contribution < 1.29 is 18.7 Å². The third kappa shape index (κ3) is 2.51. The number of anilines is 1. The van der Waals surface area contributed by atoms with Gasteiger partial charge in [0, 0.05) is 18.2 Å². The molecule has 4 nitrogen and oxygen atoms in total. The molecule has 0 saturated carbocycles. The predicted molar refractivity (Wildman–Crippen MR) is 97.7 cm³/mol. The van der Waals surface area contributed by atoms with Gasteiger partial charge < -0.3 is 9.64 Å². The Kier molecular flexibility index (Phi) is 4.40. The molecule has 0 N–H and O–H groups in total. The summed E-state index contributed by atoms with van der Waals surface area (Å²) in [4.78, 5) is 26.4. The van der Waals surface area contributed by atoms with Crippen molar-refractivity contribution >= 4 is 17.6 Å². The highest BCUT2D eigenvalue weighted by molar-refractivity contribution is 6.08. The van der Waals surface area contributed by atoms with Crippen LogP contribution < -0.4 is 4.90 Å². The number of para-hydroxylation sites is 1.